The summed E-state index contributed by atoms with van der Waals surface area (Å²) in [7, 11) is 0. The van der Waals surface area contributed by atoms with E-state index in [1.165, 1.54) is 0 Å². The third-order valence-corrected chi connectivity index (χ3v) is 5.81. The molecule has 1 aromatic carbocycles. The van der Waals surface area contributed by atoms with E-state index in [0.29, 0.717) is 6.54 Å². The van der Waals surface area contributed by atoms with Gasteiger partial charge in [-0.1, -0.05) is 18.2 Å². The number of nitrogens with one attached hydrogen (secondary N) is 1. The number of carbonyl (C=O) groups is 1. The second-order valence-electron chi connectivity index (χ2n) is 7.43. The molecular weight excluding hydrogens is 430 g/mol. The second kappa shape index (κ2) is 8.97. The van der Waals surface area contributed by atoms with E-state index in [1.54, 1.807) is 18.6 Å². The van der Waals surface area contributed by atoms with E-state index in [9.17, 15) is 4.79 Å². The Bertz CT molecular complexity index is 1010. The van der Waals surface area contributed by atoms with Crippen LogP contribution in [0.15, 0.2) is 47.3 Å². The number of para-hydroxylation sites is 1. The molecule has 0 unspecified atom stereocenters. The molecule has 1 atom stereocenters. The highest BCUT2D eigenvalue weighted by molar-refractivity contribution is 9.10. The van der Waals surface area contributed by atoms with Crippen molar-refractivity contribution in [1.29, 1.82) is 0 Å². The molecule has 1 fully saturated rings. The van der Waals surface area contributed by atoms with Gasteiger partial charge in [-0.3, -0.25) is 9.78 Å². The molecule has 2 aromatic heterocycles. The van der Waals surface area contributed by atoms with E-state index >= 15 is 0 Å². The van der Waals surface area contributed by atoms with Gasteiger partial charge in [-0.25, -0.2) is 9.97 Å². The molecule has 0 saturated carbocycles. The molecule has 3 heterocycles. The highest BCUT2D eigenvalue weighted by Crippen LogP contribution is 2.25. The van der Waals surface area contributed by atoms with Crippen molar-refractivity contribution >= 4 is 32.7 Å². The topological polar surface area (TPSA) is 71.0 Å². The lowest BCUT2D eigenvalue weighted by molar-refractivity contribution is 0.0613. The fourth-order valence-electron chi connectivity index (χ4n) is 3.93. The van der Waals surface area contributed by atoms with Gasteiger partial charge in [-0.05, 0) is 53.7 Å². The smallest absolute Gasteiger partial charge is 0.255 e. The summed E-state index contributed by atoms with van der Waals surface area (Å²) in [6, 6.07) is 8.03. The van der Waals surface area contributed by atoms with Crippen molar-refractivity contribution in [2.24, 2.45) is 0 Å². The van der Waals surface area contributed by atoms with Crippen LogP contribution in [0.4, 0.5) is 0 Å². The van der Waals surface area contributed by atoms with Gasteiger partial charge in [0, 0.05) is 43.1 Å². The first-order chi connectivity index (χ1) is 14.1. The van der Waals surface area contributed by atoms with E-state index in [0.717, 1.165) is 64.7 Å². The van der Waals surface area contributed by atoms with Crippen molar-refractivity contribution in [3.8, 4) is 0 Å². The minimum Gasteiger partial charge on any atom is -0.334 e. The zero-order valence-corrected chi connectivity index (χ0v) is 18.0. The maximum Gasteiger partial charge on any atom is 0.255 e. The van der Waals surface area contributed by atoms with Crippen LogP contribution in [0.2, 0.25) is 0 Å². The number of hydrogen-bond donors (Lipinski definition) is 1. The van der Waals surface area contributed by atoms with Crippen LogP contribution in [0.3, 0.4) is 0 Å². The lowest BCUT2D eigenvalue weighted by atomic mass is 9.98. The Morgan fingerprint density at radius 3 is 2.79 bits per heavy atom. The number of nitrogens with zero attached hydrogens (tertiary/aromatic N) is 4. The Labute approximate surface area is 178 Å². The number of benzene rings is 1. The van der Waals surface area contributed by atoms with Crippen LogP contribution in [0.25, 0.3) is 10.9 Å². The third kappa shape index (κ3) is 4.46. The summed E-state index contributed by atoms with van der Waals surface area (Å²) in [4.78, 5) is 28.7. The average Bonchev–Trinajstić information content (AvgIpc) is 2.75. The SMILES string of the molecule is Cc1cnc2ccccc2c1C(=O)N1CCCC[C@H]1CNCc1ncc(Br)cn1. The Morgan fingerprint density at radius 1 is 1.17 bits per heavy atom. The van der Waals surface area contributed by atoms with Crippen molar-refractivity contribution in [3.63, 3.8) is 0 Å². The van der Waals surface area contributed by atoms with Crippen LogP contribution in [-0.4, -0.2) is 44.9 Å². The van der Waals surface area contributed by atoms with Gasteiger partial charge in [0.1, 0.15) is 5.82 Å². The van der Waals surface area contributed by atoms with Gasteiger partial charge in [-0.15, -0.1) is 0 Å². The summed E-state index contributed by atoms with van der Waals surface area (Å²) in [6.45, 7) is 4.07. The minimum absolute atomic E-state index is 0.104. The zero-order valence-electron chi connectivity index (χ0n) is 16.4. The number of likely N-dealkylation sites (tertiary alicyclic amines) is 1. The summed E-state index contributed by atoms with van der Waals surface area (Å²) in [5.74, 6) is 0.852. The molecule has 1 aliphatic heterocycles. The molecule has 4 rings (SSSR count). The summed E-state index contributed by atoms with van der Waals surface area (Å²) in [6.07, 6.45) is 8.48. The molecule has 7 heteroatoms. The summed E-state index contributed by atoms with van der Waals surface area (Å²) in [5.41, 5.74) is 2.56. The summed E-state index contributed by atoms with van der Waals surface area (Å²) >= 11 is 3.35. The highest BCUT2D eigenvalue weighted by atomic mass is 79.9. The molecule has 0 spiro atoms. The van der Waals surface area contributed by atoms with Crippen LogP contribution in [-0.2, 0) is 6.54 Å². The van der Waals surface area contributed by atoms with Gasteiger partial charge in [0.15, 0.2) is 0 Å². The van der Waals surface area contributed by atoms with Crippen LogP contribution < -0.4 is 5.32 Å². The summed E-state index contributed by atoms with van der Waals surface area (Å²) in [5, 5.41) is 4.36. The van der Waals surface area contributed by atoms with Crippen LogP contribution >= 0.6 is 15.9 Å². The number of fused-ring (bicyclic) bond motifs is 1. The Kier molecular flexibility index (Phi) is 6.16. The first kappa shape index (κ1) is 19.9. The number of rotatable bonds is 5. The molecule has 6 nitrogen and oxygen atoms in total. The van der Waals surface area contributed by atoms with Gasteiger partial charge in [0.2, 0.25) is 0 Å². The predicted octanol–water partition coefficient (Wildman–Crippen LogP) is 3.88. The van der Waals surface area contributed by atoms with E-state index in [2.05, 4.69) is 36.2 Å². The number of pyridine rings is 1. The van der Waals surface area contributed by atoms with Crippen LogP contribution in [0, 0.1) is 6.92 Å². The maximum absolute atomic E-state index is 13.6. The number of halogens is 1. The molecule has 1 amide bonds. The molecule has 0 bridgehead atoms. The molecule has 1 N–H and O–H groups in total. The number of carbonyl (C=O) groups excluding carboxylic acids is 1. The number of hydrogen-bond acceptors (Lipinski definition) is 5. The van der Waals surface area contributed by atoms with Crippen LogP contribution in [0.1, 0.15) is 41.0 Å². The molecule has 0 radical (unpaired) electrons. The van der Waals surface area contributed by atoms with Crippen molar-refractivity contribution < 1.29 is 4.79 Å². The lowest BCUT2D eigenvalue weighted by Crippen LogP contribution is -2.48. The van der Waals surface area contributed by atoms with Gasteiger partial charge in [0.25, 0.3) is 5.91 Å². The number of amides is 1. The second-order valence-corrected chi connectivity index (χ2v) is 8.35. The quantitative estimate of drug-likeness (QED) is 0.634. The number of piperidine rings is 1. The van der Waals surface area contributed by atoms with Crippen LogP contribution in [0.5, 0.6) is 0 Å². The third-order valence-electron chi connectivity index (χ3n) is 5.40. The molecule has 1 aliphatic rings. The molecule has 29 heavy (non-hydrogen) atoms. The average molecular weight is 454 g/mol. The largest absolute Gasteiger partial charge is 0.334 e. The van der Waals surface area contributed by atoms with Gasteiger partial charge in [0.05, 0.1) is 22.1 Å². The molecular formula is C22H24BrN5O. The molecule has 1 saturated heterocycles. The van der Waals surface area contributed by atoms with E-state index < -0.39 is 0 Å². The predicted molar refractivity (Wildman–Crippen MR) is 117 cm³/mol. The normalized spacial score (nSPS) is 16.9. The zero-order chi connectivity index (χ0) is 20.2. The van der Waals surface area contributed by atoms with E-state index in [4.69, 9.17) is 0 Å². The van der Waals surface area contributed by atoms with Gasteiger partial charge >= 0.3 is 0 Å². The number of aromatic nitrogens is 3. The minimum atomic E-state index is 0.104. The highest BCUT2D eigenvalue weighted by Gasteiger charge is 2.29. The lowest BCUT2D eigenvalue weighted by Gasteiger charge is -2.36. The van der Waals surface area contributed by atoms with Crippen molar-refractivity contribution in [3.05, 3.63) is 64.3 Å². The Morgan fingerprint density at radius 2 is 1.97 bits per heavy atom. The monoisotopic (exact) mass is 453 g/mol. The van der Waals surface area contributed by atoms with Crippen molar-refractivity contribution in [1.82, 2.24) is 25.2 Å². The maximum atomic E-state index is 13.6. The molecule has 3 aromatic rings. The fourth-order valence-corrected chi connectivity index (χ4v) is 4.13. The van der Waals surface area contributed by atoms with E-state index in [-0.39, 0.29) is 11.9 Å². The molecule has 0 aliphatic carbocycles. The summed E-state index contributed by atoms with van der Waals surface area (Å²) < 4.78 is 0.866. The Balaban J connectivity index is 1.51. The van der Waals surface area contributed by atoms with Gasteiger partial charge < -0.3 is 10.2 Å². The number of aryl methyl sites for hydroxylation is 1. The first-order valence-electron chi connectivity index (χ1n) is 9.96. The van der Waals surface area contributed by atoms with Gasteiger partial charge in [-0.2, -0.15) is 0 Å². The van der Waals surface area contributed by atoms with E-state index in [1.807, 2.05) is 36.1 Å². The fraction of sp³-hybridized carbons (Fsp3) is 0.364. The Hall–Kier alpha value is -2.38. The van der Waals surface area contributed by atoms with Crippen molar-refractivity contribution in [2.45, 2.75) is 38.8 Å². The molecule has 150 valence electrons. The van der Waals surface area contributed by atoms with Crippen molar-refractivity contribution in [2.75, 3.05) is 13.1 Å². The first-order valence-corrected chi connectivity index (χ1v) is 10.8. The standard InChI is InChI=1S/C22H24BrN5O/c1-15-10-25-19-8-3-2-7-18(19)21(15)22(29)28-9-5-4-6-17(28)13-24-14-20-26-11-16(23)12-27-20/h2-3,7-8,10-12,17,24H,4-6,9,13-14H2,1H3/t17-/m0/s1.